The Balaban J connectivity index is -0.00000000762. The average molecular weight is 307 g/mol. The van der Waals surface area contributed by atoms with E-state index in [9.17, 15) is 0 Å². The summed E-state index contributed by atoms with van der Waals surface area (Å²) in [6.45, 7) is 18.0. The van der Waals surface area contributed by atoms with Gasteiger partial charge in [-0.15, -0.1) is 0 Å². The van der Waals surface area contributed by atoms with Gasteiger partial charge in [0.2, 0.25) is 0 Å². The predicted octanol–water partition coefficient (Wildman–Crippen LogP) is -0.153. The van der Waals surface area contributed by atoms with Crippen molar-refractivity contribution in [2.24, 2.45) is 0 Å². The molecule has 0 aliphatic carbocycles. The van der Waals surface area contributed by atoms with Crippen molar-refractivity contribution in [1.82, 2.24) is 0 Å². The Morgan fingerprint density at radius 2 is 0.444 bits per heavy atom. The van der Waals surface area contributed by atoms with Gasteiger partial charge in [-0.2, -0.15) is 0 Å². The van der Waals surface area contributed by atoms with Crippen LogP contribution < -0.4 is 0 Å². The molecule has 5 heteroatoms. The van der Waals surface area contributed by atoms with Crippen LogP contribution in [0.2, 0.25) is 0 Å². The van der Waals surface area contributed by atoms with Crippen molar-refractivity contribution >= 4 is 0 Å². The van der Waals surface area contributed by atoms with Crippen molar-refractivity contribution < 1.29 is 39.7 Å². The van der Waals surface area contributed by atoms with E-state index in [0.29, 0.717) is 0 Å². The van der Waals surface area contributed by atoms with Crippen LogP contribution in [0.1, 0.15) is 0 Å². The zero-order chi connectivity index (χ0) is 8.00. The normalized spacial score (nSPS) is 0.889. The summed E-state index contributed by atoms with van der Waals surface area (Å²) < 4.78 is 30.0. The molecule has 0 heterocycles. The predicted molar refractivity (Wildman–Crippen MR) is 15.7 cm³/mol. The summed E-state index contributed by atoms with van der Waals surface area (Å²) in [6.07, 6.45) is 0. The molecule has 0 spiro atoms. The molecule has 0 fully saturated rings. The summed E-state index contributed by atoms with van der Waals surface area (Å²) >= 11 is 0. The van der Waals surface area contributed by atoms with Gasteiger partial charge in [-0.1, -0.05) is 0 Å². The molecule has 0 unspecified atom stereocenters. The summed E-state index contributed by atoms with van der Waals surface area (Å²) in [5, 5.41) is 0. The number of rotatable bonds is 0. The molecule has 0 aliphatic heterocycles. The molecule has 0 saturated heterocycles. The van der Waals surface area contributed by atoms with Crippen molar-refractivity contribution in [2.75, 3.05) is 0 Å². The minimum Gasteiger partial charge on any atom is 4.00 e. The van der Waals surface area contributed by atoms with Crippen LogP contribution in [0.25, 0.3) is 0 Å². The van der Waals surface area contributed by atoms with Crippen LogP contribution in [-0.4, -0.2) is 0 Å². The third-order valence-electron chi connectivity index (χ3n) is 0. The van der Waals surface area contributed by atoms with Gasteiger partial charge < -0.3 is 0 Å². The van der Waals surface area contributed by atoms with E-state index >= 15 is 0 Å². The van der Waals surface area contributed by atoms with Crippen LogP contribution in [0.4, 0.5) is 0 Å². The molecule has 0 atom stereocenters. The fourth-order valence-corrected chi connectivity index (χ4v) is 0. The van der Waals surface area contributed by atoms with E-state index in [2.05, 4.69) is 26.6 Å². The quantitative estimate of drug-likeness (QED) is 0.441. The van der Waals surface area contributed by atoms with Crippen molar-refractivity contribution in [2.45, 2.75) is 0 Å². The van der Waals surface area contributed by atoms with Crippen molar-refractivity contribution in [3.8, 4) is 0 Å². The standard InChI is InChI=1S/4CO.Pt/c4*1-2;/q;;;;+4. The van der Waals surface area contributed by atoms with Crippen LogP contribution in [0, 0.1) is 26.6 Å². The molecule has 0 amide bonds. The first-order valence-electron chi connectivity index (χ1n) is 0.816. The molecule has 0 aliphatic rings. The zero-order valence-electron chi connectivity index (χ0n) is 3.95. The van der Waals surface area contributed by atoms with E-state index < -0.39 is 0 Å². The van der Waals surface area contributed by atoms with Crippen molar-refractivity contribution in [3.63, 3.8) is 0 Å². The summed E-state index contributed by atoms with van der Waals surface area (Å²) in [4.78, 5) is 0. The SMILES string of the molecule is [C-]#[O+].[C-]#[O+].[C-]#[O+].[C-]#[O+].[Pt+4]. The molecular formula is C4O4Pt+4. The molecule has 46 valence electrons. The summed E-state index contributed by atoms with van der Waals surface area (Å²) in [5.41, 5.74) is 0. The number of hydrogen-bond acceptors (Lipinski definition) is 0. The van der Waals surface area contributed by atoms with E-state index in [1.165, 1.54) is 0 Å². The first-order valence-corrected chi connectivity index (χ1v) is 0.816. The average Bonchev–Trinajstić information content (AvgIpc) is 2.03. The molecule has 4 nitrogen and oxygen atoms in total. The Morgan fingerprint density at radius 1 is 0.444 bits per heavy atom. The fourth-order valence-electron chi connectivity index (χ4n) is 0. The molecule has 9 heavy (non-hydrogen) atoms. The van der Waals surface area contributed by atoms with Crippen molar-refractivity contribution in [1.29, 1.82) is 0 Å². The molecule has 0 N–H and O–H groups in total. The largest absolute Gasteiger partial charge is 4.00 e. The third-order valence-corrected chi connectivity index (χ3v) is 0. The molecule has 0 bridgehead atoms. The van der Waals surface area contributed by atoms with E-state index in [4.69, 9.17) is 18.6 Å². The first kappa shape index (κ1) is 38.0. The Kier molecular flexibility index (Phi) is 11500. The second kappa shape index (κ2) is 2730. The van der Waals surface area contributed by atoms with E-state index in [0.717, 1.165) is 0 Å². The zero-order valence-corrected chi connectivity index (χ0v) is 6.22. The molecular weight excluding hydrogens is 307 g/mol. The van der Waals surface area contributed by atoms with Crippen LogP contribution in [0.5, 0.6) is 0 Å². The smallest absolute Gasteiger partial charge is 4.00 e. The maximum Gasteiger partial charge on any atom is 4.00 e. The topological polar surface area (TPSA) is 79.6 Å². The van der Waals surface area contributed by atoms with Gasteiger partial charge in [0.1, 0.15) is 0 Å². The van der Waals surface area contributed by atoms with Gasteiger partial charge in [-0.05, 0) is 0 Å². The molecule has 0 rings (SSSR count). The van der Waals surface area contributed by atoms with Gasteiger partial charge in [0, 0.05) is 0 Å². The van der Waals surface area contributed by atoms with Crippen LogP contribution in [0.3, 0.4) is 0 Å². The maximum absolute atomic E-state index is 7.50. The summed E-state index contributed by atoms with van der Waals surface area (Å²) in [5.74, 6) is 0. The van der Waals surface area contributed by atoms with Gasteiger partial charge in [0.25, 0.3) is 0 Å². The van der Waals surface area contributed by atoms with Gasteiger partial charge in [0.05, 0.1) is 0 Å². The first-order chi connectivity index (χ1) is 4.00. The molecule has 0 saturated carbocycles. The summed E-state index contributed by atoms with van der Waals surface area (Å²) in [6, 6.07) is 0. The van der Waals surface area contributed by atoms with Gasteiger partial charge in [-0.3, -0.25) is 0 Å². The molecule has 0 radical (unpaired) electrons. The Hall–Kier alpha value is -0.352. The van der Waals surface area contributed by atoms with Gasteiger partial charge in [0.15, 0.2) is 0 Å². The van der Waals surface area contributed by atoms with E-state index in [-0.39, 0.29) is 21.1 Å². The van der Waals surface area contributed by atoms with Crippen LogP contribution in [0.15, 0.2) is 0 Å². The monoisotopic (exact) mass is 307 g/mol. The van der Waals surface area contributed by atoms with E-state index in [1.807, 2.05) is 0 Å². The minimum absolute atomic E-state index is 0. The fraction of sp³-hybridized carbons (Fsp3) is 0. The summed E-state index contributed by atoms with van der Waals surface area (Å²) in [7, 11) is 0. The third kappa shape index (κ3) is 1970. The van der Waals surface area contributed by atoms with Crippen LogP contribution >= 0.6 is 0 Å². The number of hydrogen-bond donors (Lipinski definition) is 0. The Morgan fingerprint density at radius 3 is 0.444 bits per heavy atom. The van der Waals surface area contributed by atoms with Crippen LogP contribution in [-0.2, 0) is 39.7 Å². The van der Waals surface area contributed by atoms with Crippen molar-refractivity contribution in [3.05, 3.63) is 26.6 Å². The molecule has 0 aromatic rings. The second-order valence-electron chi connectivity index (χ2n) is 0. The van der Waals surface area contributed by atoms with Gasteiger partial charge in [-0.25, -0.2) is 0 Å². The minimum atomic E-state index is 0. The maximum atomic E-state index is 7.50. The molecule has 0 aromatic carbocycles. The Bertz CT molecular complexity index is 55.5. The van der Waals surface area contributed by atoms with E-state index in [1.54, 1.807) is 0 Å². The molecule has 0 aromatic heterocycles. The Labute approximate surface area is 66.8 Å². The van der Waals surface area contributed by atoms with Gasteiger partial charge >= 0.3 is 66.3 Å². The second-order valence-corrected chi connectivity index (χ2v) is 0.